The summed E-state index contributed by atoms with van der Waals surface area (Å²) in [5.74, 6) is 0. The molecule has 0 fully saturated rings. The van der Waals surface area contributed by atoms with Gasteiger partial charge in [0.1, 0.15) is 0 Å². The van der Waals surface area contributed by atoms with Gasteiger partial charge in [0.15, 0.2) is 0 Å². The highest BCUT2D eigenvalue weighted by atomic mass is 15.1. The molecule has 0 aliphatic rings. The van der Waals surface area contributed by atoms with Crippen molar-refractivity contribution in [2.75, 3.05) is 4.90 Å². The highest BCUT2D eigenvalue weighted by molar-refractivity contribution is 6.16. The molecule has 58 heavy (non-hydrogen) atoms. The number of aromatic nitrogens is 1. The zero-order chi connectivity index (χ0) is 39.3. The number of hydrogen-bond acceptors (Lipinski definition) is 1. The van der Waals surface area contributed by atoms with E-state index in [9.17, 15) is 0 Å². The van der Waals surface area contributed by atoms with E-state index in [4.69, 9.17) is 1.37 Å². The van der Waals surface area contributed by atoms with Crippen LogP contribution in [0.5, 0.6) is 0 Å². The monoisotopic (exact) mass is 739 g/mol. The molecule has 11 rings (SSSR count). The summed E-state index contributed by atoms with van der Waals surface area (Å²) in [6.07, 6.45) is 0. The molecular formula is C56H38N2. The van der Waals surface area contributed by atoms with Gasteiger partial charge < -0.3 is 9.47 Å². The summed E-state index contributed by atoms with van der Waals surface area (Å²) in [4.78, 5) is 2.37. The standard InChI is InChI=1S/C56H38N2/c1-3-15-40(16-4-1)50-23-9-11-26-53(50)57(46-34-31-39(32-35-46)42-33-36-49-44(37-42)30-29-41-17-7-8-22-48(41)49)47-21-13-18-43(38-47)51-25-14-28-55-56(51)52-24-10-12-27-54(52)58(55)45-19-5-2-6-20-45/h1-38H/i1D. The third-order valence-electron chi connectivity index (χ3n) is 11.5. The van der Waals surface area contributed by atoms with Gasteiger partial charge in [0.2, 0.25) is 0 Å². The molecule has 1 aromatic heterocycles. The van der Waals surface area contributed by atoms with Gasteiger partial charge in [0.05, 0.1) is 18.1 Å². The normalized spacial score (nSPS) is 11.7. The Bertz CT molecular complexity index is 3330. The molecule has 2 nitrogen and oxygen atoms in total. The van der Waals surface area contributed by atoms with E-state index in [1.807, 2.05) is 24.3 Å². The van der Waals surface area contributed by atoms with Gasteiger partial charge in [-0.3, -0.25) is 0 Å². The topological polar surface area (TPSA) is 8.17 Å². The number of benzene rings is 10. The van der Waals surface area contributed by atoms with E-state index in [0.717, 1.165) is 39.4 Å². The van der Waals surface area contributed by atoms with E-state index >= 15 is 0 Å². The molecule has 0 saturated heterocycles. The van der Waals surface area contributed by atoms with Crippen molar-refractivity contribution in [3.8, 4) is 39.1 Å². The van der Waals surface area contributed by atoms with Gasteiger partial charge in [-0.25, -0.2) is 0 Å². The van der Waals surface area contributed by atoms with Crippen LogP contribution >= 0.6 is 0 Å². The Morgan fingerprint density at radius 1 is 0.362 bits per heavy atom. The van der Waals surface area contributed by atoms with Crippen LogP contribution in [-0.2, 0) is 0 Å². The maximum atomic E-state index is 8.18. The Morgan fingerprint density at radius 2 is 1.02 bits per heavy atom. The average Bonchev–Trinajstić information content (AvgIpc) is 3.65. The minimum Gasteiger partial charge on any atom is -0.310 e. The zero-order valence-electron chi connectivity index (χ0n) is 32.8. The SMILES string of the molecule is [2H]c1ccc(-c2ccccc2N(c2ccc(-c3ccc4c(ccc5ccccc54)c3)cc2)c2cccc(-c3cccc4c3c3ccccc3n4-c3ccccc3)c2)cc1. The maximum absolute atomic E-state index is 8.18. The third kappa shape index (κ3) is 5.74. The fourth-order valence-electron chi connectivity index (χ4n) is 8.83. The van der Waals surface area contributed by atoms with E-state index in [1.165, 1.54) is 60.0 Å². The minimum absolute atomic E-state index is 0.496. The lowest BCUT2D eigenvalue weighted by Crippen LogP contribution is -2.11. The summed E-state index contributed by atoms with van der Waals surface area (Å²) in [6.45, 7) is 0. The summed E-state index contributed by atoms with van der Waals surface area (Å²) in [5, 5.41) is 7.50. The van der Waals surface area contributed by atoms with Crippen LogP contribution < -0.4 is 4.90 Å². The van der Waals surface area contributed by atoms with Crippen molar-refractivity contribution in [1.29, 1.82) is 0 Å². The van der Waals surface area contributed by atoms with E-state index in [1.54, 1.807) is 0 Å². The van der Waals surface area contributed by atoms with E-state index < -0.39 is 0 Å². The van der Waals surface area contributed by atoms with Crippen LogP contribution in [0.2, 0.25) is 0 Å². The molecule has 10 aromatic carbocycles. The number of hydrogen-bond donors (Lipinski definition) is 0. The average molecular weight is 740 g/mol. The summed E-state index contributed by atoms with van der Waals surface area (Å²) < 4.78 is 10.6. The molecule has 0 saturated carbocycles. The molecule has 0 aliphatic heterocycles. The van der Waals surface area contributed by atoms with Gasteiger partial charge in [-0.15, -0.1) is 0 Å². The number of rotatable bonds is 7. The Morgan fingerprint density at radius 3 is 1.90 bits per heavy atom. The summed E-state index contributed by atoms with van der Waals surface area (Å²) >= 11 is 0. The Hall–Kier alpha value is -7.68. The first-order chi connectivity index (χ1) is 29.2. The molecule has 11 aromatic rings. The number of anilines is 3. The largest absolute Gasteiger partial charge is 0.310 e. The van der Waals surface area contributed by atoms with Crippen LogP contribution in [-0.4, -0.2) is 4.57 Å². The molecule has 0 aliphatic carbocycles. The highest BCUT2D eigenvalue weighted by Crippen LogP contribution is 2.44. The zero-order valence-corrected chi connectivity index (χ0v) is 31.8. The molecule has 1 heterocycles. The second-order valence-corrected chi connectivity index (χ2v) is 14.8. The van der Waals surface area contributed by atoms with Crippen molar-refractivity contribution in [2.45, 2.75) is 0 Å². The Labute approximate surface area is 339 Å². The van der Waals surface area contributed by atoms with E-state index in [0.29, 0.717) is 6.04 Å². The van der Waals surface area contributed by atoms with Crippen LogP contribution in [0.15, 0.2) is 230 Å². The molecule has 0 radical (unpaired) electrons. The van der Waals surface area contributed by atoms with E-state index in [2.05, 4.69) is 210 Å². The fraction of sp³-hybridized carbons (Fsp3) is 0. The summed E-state index contributed by atoms with van der Waals surface area (Å²) in [6, 6.07) is 80.7. The van der Waals surface area contributed by atoms with Gasteiger partial charge in [0, 0.05) is 33.4 Å². The van der Waals surface area contributed by atoms with E-state index in [-0.39, 0.29) is 0 Å². The lowest BCUT2D eigenvalue weighted by atomic mass is 9.96. The number of para-hydroxylation sites is 3. The van der Waals surface area contributed by atoms with Crippen LogP contribution in [0.1, 0.15) is 1.37 Å². The van der Waals surface area contributed by atoms with Crippen LogP contribution in [0.3, 0.4) is 0 Å². The first-order valence-corrected chi connectivity index (χ1v) is 19.8. The van der Waals surface area contributed by atoms with Gasteiger partial charge in [-0.05, 0) is 110 Å². The van der Waals surface area contributed by atoms with Crippen molar-refractivity contribution in [1.82, 2.24) is 4.57 Å². The second-order valence-electron chi connectivity index (χ2n) is 14.8. The molecule has 0 spiro atoms. The third-order valence-corrected chi connectivity index (χ3v) is 11.5. The molecule has 0 N–H and O–H groups in total. The predicted molar refractivity (Wildman–Crippen MR) is 247 cm³/mol. The summed E-state index contributed by atoms with van der Waals surface area (Å²) in [5.41, 5.74) is 13.5. The Kier molecular flexibility index (Phi) is 7.92. The van der Waals surface area contributed by atoms with Crippen LogP contribution in [0.4, 0.5) is 17.1 Å². The predicted octanol–water partition coefficient (Wildman–Crippen LogP) is 15.6. The van der Waals surface area contributed by atoms with Crippen molar-refractivity contribution in [2.24, 2.45) is 0 Å². The van der Waals surface area contributed by atoms with Gasteiger partial charge >= 0.3 is 0 Å². The quantitative estimate of drug-likeness (QED) is 0.148. The lowest BCUT2D eigenvalue weighted by Gasteiger charge is -2.28. The van der Waals surface area contributed by atoms with Crippen LogP contribution in [0.25, 0.3) is 82.4 Å². The summed E-state index contributed by atoms with van der Waals surface area (Å²) in [7, 11) is 0. The molecule has 272 valence electrons. The van der Waals surface area contributed by atoms with Gasteiger partial charge in [-0.2, -0.15) is 0 Å². The number of fused-ring (bicyclic) bond motifs is 6. The van der Waals surface area contributed by atoms with Gasteiger partial charge in [-0.1, -0.05) is 170 Å². The lowest BCUT2D eigenvalue weighted by molar-refractivity contribution is 1.18. The molecule has 0 unspecified atom stereocenters. The molecule has 2 heteroatoms. The van der Waals surface area contributed by atoms with Crippen molar-refractivity contribution in [3.05, 3.63) is 230 Å². The first-order valence-electron chi connectivity index (χ1n) is 20.3. The molecule has 0 bridgehead atoms. The fourth-order valence-corrected chi connectivity index (χ4v) is 8.83. The highest BCUT2D eigenvalue weighted by Gasteiger charge is 2.20. The van der Waals surface area contributed by atoms with Crippen molar-refractivity contribution in [3.63, 3.8) is 0 Å². The Balaban J connectivity index is 1.06. The maximum Gasteiger partial charge on any atom is 0.0623 e. The minimum atomic E-state index is 0.496. The second kappa shape index (κ2) is 14.1. The first kappa shape index (κ1) is 32.6. The van der Waals surface area contributed by atoms with Crippen LogP contribution in [0, 0.1) is 0 Å². The molecular weight excluding hydrogens is 701 g/mol. The molecule has 0 amide bonds. The van der Waals surface area contributed by atoms with Gasteiger partial charge in [0.25, 0.3) is 0 Å². The van der Waals surface area contributed by atoms with Crippen molar-refractivity contribution < 1.29 is 1.37 Å². The van der Waals surface area contributed by atoms with Crippen molar-refractivity contribution >= 4 is 60.4 Å². The molecule has 0 atom stereocenters. The smallest absolute Gasteiger partial charge is 0.0623 e. The number of nitrogens with zero attached hydrogens (tertiary/aromatic N) is 2.